The van der Waals surface area contributed by atoms with Crippen LogP contribution >= 0.6 is 35.6 Å². The van der Waals surface area contributed by atoms with E-state index in [0.29, 0.717) is 35.2 Å². The van der Waals surface area contributed by atoms with E-state index in [0.717, 1.165) is 19.6 Å². The average molecular weight is 368 g/mol. The number of hydrogen-bond donors (Lipinski definition) is 1. The van der Waals surface area contributed by atoms with Gasteiger partial charge in [0.2, 0.25) is 5.91 Å². The standard InChI is InChI=1S/C15H20Cl2N2O2.ClH/c1-11-10-18-7-8-19(11)14(20)6-3-9-21-13-5-2-4-12(16)15(13)17;/h2,4-5,11,18H,3,6-10H2,1H3;1H. The first-order valence-corrected chi connectivity index (χ1v) is 7.92. The first-order chi connectivity index (χ1) is 10.1. The number of nitrogens with zero attached hydrogens (tertiary/aromatic N) is 1. The molecule has 0 bridgehead atoms. The van der Waals surface area contributed by atoms with Crippen LogP contribution in [0.5, 0.6) is 5.75 Å². The van der Waals surface area contributed by atoms with Gasteiger partial charge >= 0.3 is 0 Å². The molecule has 7 heteroatoms. The van der Waals surface area contributed by atoms with Crippen LogP contribution in [0.25, 0.3) is 0 Å². The second kappa shape index (κ2) is 9.46. The van der Waals surface area contributed by atoms with Crippen molar-refractivity contribution in [3.05, 3.63) is 28.2 Å². The van der Waals surface area contributed by atoms with Gasteiger partial charge in [0.25, 0.3) is 0 Å². The SMILES string of the molecule is CC1CNCCN1C(=O)CCCOc1cccc(Cl)c1Cl.Cl. The number of ether oxygens (including phenoxy) is 1. The van der Waals surface area contributed by atoms with Gasteiger partial charge in [-0.1, -0.05) is 29.3 Å². The van der Waals surface area contributed by atoms with Crippen LogP contribution in [0.1, 0.15) is 19.8 Å². The van der Waals surface area contributed by atoms with E-state index in [1.807, 2.05) is 4.90 Å². The molecule has 0 radical (unpaired) electrons. The highest BCUT2D eigenvalue weighted by Crippen LogP contribution is 2.31. The molecule has 1 unspecified atom stereocenters. The van der Waals surface area contributed by atoms with Crippen LogP contribution in [0.2, 0.25) is 10.0 Å². The van der Waals surface area contributed by atoms with Crippen molar-refractivity contribution in [2.24, 2.45) is 0 Å². The highest BCUT2D eigenvalue weighted by Gasteiger charge is 2.22. The first kappa shape index (κ1) is 19.4. The molecular weight excluding hydrogens is 347 g/mol. The van der Waals surface area contributed by atoms with Gasteiger partial charge in [-0.15, -0.1) is 12.4 Å². The van der Waals surface area contributed by atoms with Gasteiger partial charge in [-0.05, 0) is 25.5 Å². The van der Waals surface area contributed by atoms with Gasteiger partial charge < -0.3 is 15.0 Å². The van der Waals surface area contributed by atoms with Crippen molar-refractivity contribution in [3.8, 4) is 5.75 Å². The van der Waals surface area contributed by atoms with E-state index in [-0.39, 0.29) is 24.4 Å². The number of nitrogens with one attached hydrogen (secondary N) is 1. The van der Waals surface area contributed by atoms with Crippen LogP contribution in [0, 0.1) is 0 Å². The number of piperazine rings is 1. The molecule has 2 rings (SSSR count). The van der Waals surface area contributed by atoms with Crippen LogP contribution in [-0.4, -0.2) is 43.1 Å². The summed E-state index contributed by atoms with van der Waals surface area (Å²) in [6, 6.07) is 5.53. The lowest BCUT2D eigenvalue weighted by atomic mass is 10.2. The molecular formula is C15H21Cl3N2O2. The van der Waals surface area contributed by atoms with Crippen LogP contribution in [0.4, 0.5) is 0 Å². The molecule has 1 fully saturated rings. The van der Waals surface area contributed by atoms with E-state index in [1.165, 1.54) is 0 Å². The fourth-order valence-corrected chi connectivity index (χ4v) is 2.70. The Kier molecular flexibility index (Phi) is 8.33. The maximum absolute atomic E-state index is 12.1. The van der Waals surface area contributed by atoms with E-state index in [9.17, 15) is 4.79 Å². The maximum Gasteiger partial charge on any atom is 0.223 e. The lowest BCUT2D eigenvalue weighted by Crippen LogP contribution is -2.52. The molecule has 124 valence electrons. The Labute approximate surface area is 147 Å². The van der Waals surface area contributed by atoms with Gasteiger partial charge in [0.15, 0.2) is 0 Å². The number of benzene rings is 1. The van der Waals surface area contributed by atoms with Gasteiger partial charge in [0.05, 0.1) is 11.6 Å². The molecule has 1 aliphatic rings. The Bertz CT molecular complexity index is 500. The van der Waals surface area contributed by atoms with Crippen molar-refractivity contribution in [2.75, 3.05) is 26.2 Å². The van der Waals surface area contributed by atoms with E-state index in [4.69, 9.17) is 27.9 Å². The van der Waals surface area contributed by atoms with Crippen molar-refractivity contribution >= 4 is 41.5 Å². The summed E-state index contributed by atoms with van der Waals surface area (Å²) in [5, 5.41) is 4.16. The topological polar surface area (TPSA) is 41.6 Å². The quantitative estimate of drug-likeness (QED) is 0.811. The molecule has 1 aromatic carbocycles. The second-order valence-corrected chi connectivity index (χ2v) is 5.93. The van der Waals surface area contributed by atoms with Crippen molar-refractivity contribution in [1.82, 2.24) is 10.2 Å². The fraction of sp³-hybridized carbons (Fsp3) is 0.533. The van der Waals surface area contributed by atoms with Crippen LogP contribution in [-0.2, 0) is 4.79 Å². The van der Waals surface area contributed by atoms with Crippen molar-refractivity contribution in [1.29, 1.82) is 0 Å². The third kappa shape index (κ3) is 5.20. The van der Waals surface area contributed by atoms with Crippen molar-refractivity contribution in [3.63, 3.8) is 0 Å². The van der Waals surface area contributed by atoms with E-state index in [1.54, 1.807) is 18.2 Å². The minimum atomic E-state index is 0. The Morgan fingerprint density at radius 3 is 2.95 bits per heavy atom. The monoisotopic (exact) mass is 366 g/mol. The molecule has 1 saturated heterocycles. The summed E-state index contributed by atoms with van der Waals surface area (Å²) in [6.45, 7) is 5.02. The molecule has 1 amide bonds. The highest BCUT2D eigenvalue weighted by atomic mass is 35.5. The Morgan fingerprint density at radius 1 is 1.45 bits per heavy atom. The Hall–Kier alpha value is -0.680. The minimum absolute atomic E-state index is 0. The van der Waals surface area contributed by atoms with Gasteiger partial charge in [-0.25, -0.2) is 0 Å². The number of carbonyl (C=O) groups is 1. The molecule has 0 aliphatic carbocycles. The Balaban J connectivity index is 0.00000242. The van der Waals surface area contributed by atoms with Crippen LogP contribution in [0.3, 0.4) is 0 Å². The molecule has 22 heavy (non-hydrogen) atoms. The summed E-state index contributed by atoms with van der Waals surface area (Å²) in [6.07, 6.45) is 1.15. The number of halogens is 3. The van der Waals surface area contributed by atoms with Crippen LogP contribution < -0.4 is 10.1 Å². The molecule has 4 nitrogen and oxygen atoms in total. The summed E-state index contributed by atoms with van der Waals surface area (Å²) in [5.41, 5.74) is 0. The van der Waals surface area contributed by atoms with Gasteiger partial charge in [-0.3, -0.25) is 4.79 Å². The van der Waals surface area contributed by atoms with E-state index in [2.05, 4.69) is 12.2 Å². The molecule has 1 aliphatic heterocycles. The largest absolute Gasteiger partial charge is 0.492 e. The normalized spacial score (nSPS) is 17.8. The third-order valence-corrected chi connectivity index (χ3v) is 4.33. The summed E-state index contributed by atoms with van der Waals surface area (Å²) < 4.78 is 5.58. The zero-order valence-electron chi connectivity index (χ0n) is 12.5. The number of carbonyl (C=O) groups excluding carboxylic acids is 1. The van der Waals surface area contributed by atoms with Crippen molar-refractivity contribution in [2.45, 2.75) is 25.8 Å². The molecule has 1 heterocycles. The predicted molar refractivity (Wildman–Crippen MR) is 92.5 cm³/mol. The smallest absolute Gasteiger partial charge is 0.223 e. The zero-order valence-corrected chi connectivity index (χ0v) is 14.8. The fourth-order valence-electron chi connectivity index (χ4n) is 2.36. The van der Waals surface area contributed by atoms with Crippen molar-refractivity contribution < 1.29 is 9.53 Å². The lowest BCUT2D eigenvalue weighted by Gasteiger charge is -2.34. The van der Waals surface area contributed by atoms with E-state index < -0.39 is 0 Å². The molecule has 0 saturated carbocycles. The van der Waals surface area contributed by atoms with E-state index >= 15 is 0 Å². The minimum Gasteiger partial charge on any atom is -0.492 e. The average Bonchev–Trinajstić information content (AvgIpc) is 2.48. The molecule has 1 aromatic rings. The highest BCUT2D eigenvalue weighted by molar-refractivity contribution is 6.42. The van der Waals surface area contributed by atoms with Crippen LogP contribution in [0.15, 0.2) is 18.2 Å². The summed E-state index contributed by atoms with van der Waals surface area (Å²) in [5.74, 6) is 0.747. The molecule has 1 N–H and O–H groups in total. The lowest BCUT2D eigenvalue weighted by molar-refractivity contribution is -0.134. The molecule has 0 aromatic heterocycles. The Morgan fingerprint density at radius 2 is 2.23 bits per heavy atom. The van der Waals surface area contributed by atoms with Gasteiger partial charge in [0, 0.05) is 32.1 Å². The maximum atomic E-state index is 12.1. The first-order valence-electron chi connectivity index (χ1n) is 7.16. The molecule has 1 atom stereocenters. The molecule has 0 spiro atoms. The number of rotatable bonds is 5. The number of amides is 1. The predicted octanol–water partition coefficient (Wildman–Crippen LogP) is 3.39. The summed E-state index contributed by atoms with van der Waals surface area (Å²) in [4.78, 5) is 14.1. The summed E-state index contributed by atoms with van der Waals surface area (Å²) in [7, 11) is 0. The zero-order chi connectivity index (χ0) is 15.2. The summed E-state index contributed by atoms with van der Waals surface area (Å²) >= 11 is 12.0. The van der Waals surface area contributed by atoms with Gasteiger partial charge in [-0.2, -0.15) is 0 Å². The number of hydrogen-bond acceptors (Lipinski definition) is 3. The second-order valence-electron chi connectivity index (χ2n) is 5.14. The van der Waals surface area contributed by atoms with Gasteiger partial charge in [0.1, 0.15) is 10.8 Å². The third-order valence-electron chi connectivity index (χ3n) is 3.53.